The van der Waals surface area contributed by atoms with E-state index >= 15 is 4.39 Å². The largest absolute Gasteiger partial charge is 0.494 e. The lowest BCUT2D eigenvalue weighted by Crippen LogP contribution is -2.65. The predicted octanol–water partition coefficient (Wildman–Crippen LogP) is 2.85. The molecule has 2 aliphatic heterocycles. The number of Topliss-reactive ketones (excluding diaryl/α,β-unsaturated/α-hetero) is 1. The van der Waals surface area contributed by atoms with Crippen LogP contribution in [-0.2, 0) is 25.6 Å². The fraction of sp³-hybridized carbons (Fsp3) is 0.742. The van der Waals surface area contributed by atoms with Crippen molar-refractivity contribution in [1.82, 2.24) is 4.90 Å². The molecule has 2 N–H and O–H groups in total. The van der Waals surface area contributed by atoms with Gasteiger partial charge in [0.05, 0.1) is 12.7 Å². The first kappa shape index (κ1) is 29.1. The SMILES string of the molecule is C[C@H]1[C@H](O)[C@](C)(CN2CCC2)C[C@@H](OC(=O)COc2ccc3c(c2F)B(O)OC3)[C@@]2(C)[C@@H]3C(=O)CC[C@]31CC[C@@H]2C. The van der Waals surface area contributed by atoms with Crippen molar-refractivity contribution in [2.75, 3.05) is 26.2 Å². The first-order valence-corrected chi connectivity index (χ1v) is 15.3. The highest BCUT2D eigenvalue weighted by Gasteiger charge is 2.68. The number of carbonyl (C=O) groups is 2. The van der Waals surface area contributed by atoms with E-state index in [1.165, 1.54) is 6.07 Å². The van der Waals surface area contributed by atoms with Crippen LogP contribution in [0.5, 0.6) is 5.75 Å². The maximum Gasteiger partial charge on any atom is 0.494 e. The minimum Gasteiger partial charge on any atom is -0.479 e. The number of nitrogens with zero attached hydrogens (tertiary/aromatic N) is 1. The van der Waals surface area contributed by atoms with Crippen molar-refractivity contribution in [3.05, 3.63) is 23.5 Å². The normalized spacial score (nSPS) is 40.3. The van der Waals surface area contributed by atoms with E-state index in [0.717, 1.165) is 38.8 Å². The highest BCUT2D eigenvalue weighted by molar-refractivity contribution is 6.61. The number of ketones is 1. The minimum absolute atomic E-state index is 0.0281. The second kappa shape index (κ2) is 10.3. The number of aliphatic hydroxyl groups is 1. The quantitative estimate of drug-likeness (QED) is 0.397. The standard InChI is InChI=1S/C31H43BFNO7/c1-18-8-10-31-11-9-21(35)27(31)30(18,4)23(14-29(3,28(37)19(31)2)17-34-12-5-13-34)41-24(36)16-39-22-7-6-20-15-40-32(38)25(20)26(22)33/h6-7,18-19,23,27-28,37-38H,5,8-17H2,1-4H3/t18-,19-,23+,27-,28-,29-,30-,31-/m0/s1. The molecule has 41 heavy (non-hydrogen) atoms. The molecule has 224 valence electrons. The van der Waals surface area contributed by atoms with Gasteiger partial charge in [-0.15, -0.1) is 0 Å². The van der Waals surface area contributed by atoms with E-state index in [-0.39, 0.29) is 46.8 Å². The van der Waals surface area contributed by atoms with Crippen molar-refractivity contribution in [1.29, 1.82) is 0 Å². The van der Waals surface area contributed by atoms with Crippen molar-refractivity contribution in [2.45, 2.75) is 85.0 Å². The zero-order valence-electron chi connectivity index (χ0n) is 24.7. The zero-order valence-corrected chi connectivity index (χ0v) is 24.7. The van der Waals surface area contributed by atoms with Gasteiger partial charge in [0.15, 0.2) is 18.2 Å². The summed E-state index contributed by atoms with van der Waals surface area (Å²) in [6.45, 7) is 10.8. The molecule has 8 nitrogen and oxygen atoms in total. The second-order valence-electron chi connectivity index (χ2n) is 14.0. The number of hydrogen-bond acceptors (Lipinski definition) is 8. The van der Waals surface area contributed by atoms with E-state index in [1.54, 1.807) is 6.07 Å². The van der Waals surface area contributed by atoms with Crippen LogP contribution in [0.25, 0.3) is 0 Å². The molecule has 0 radical (unpaired) electrons. The molecule has 3 saturated carbocycles. The summed E-state index contributed by atoms with van der Waals surface area (Å²) in [7, 11) is -1.37. The Morgan fingerprint density at radius 2 is 2.00 bits per heavy atom. The molecule has 1 aromatic carbocycles. The maximum atomic E-state index is 15.1. The molecule has 0 aromatic heterocycles. The van der Waals surface area contributed by atoms with Crippen molar-refractivity contribution in [2.24, 2.45) is 34.0 Å². The van der Waals surface area contributed by atoms with Gasteiger partial charge in [-0.2, -0.15) is 0 Å². The fourth-order valence-corrected chi connectivity index (χ4v) is 9.26. The van der Waals surface area contributed by atoms with Gasteiger partial charge in [-0.3, -0.25) is 4.79 Å². The Bertz CT molecular complexity index is 1230. The molecule has 0 unspecified atom stereocenters. The number of rotatable bonds is 6. The highest BCUT2D eigenvalue weighted by atomic mass is 19.1. The van der Waals surface area contributed by atoms with Crippen LogP contribution in [-0.4, -0.2) is 72.4 Å². The fourth-order valence-electron chi connectivity index (χ4n) is 9.26. The number of ether oxygens (including phenoxy) is 2. The van der Waals surface area contributed by atoms with Gasteiger partial charge in [0.1, 0.15) is 11.9 Å². The Balaban J connectivity index is 1.30. The number of benzene rings is 1. The van der Waals surface area contributed by atoms with E-state index in [1.807, 2.05) is 0 Å². The molecule has 8 atom stereocenters. The van der Waals surface area contributed by atoms with Crippen LogP contribution in [0.1, 0.15) is 71.8 Å². The lowest BCUT2D eigenvalue weighted by Gasteiger charge is -2.62. The maximum absolute atomic E-state index is 15.1. The molecule has 2 bridgehead atoms. The smallest absolute Gasteiger partial charge is 0.479 e. The molecule has 4 fully saturated rings. The van der Waals surface area contributed by atoms with Crippen molar-refractivity contribution in [3.63, 3.8) is 0 Å². The summed E-state index contributed by atoms with van der Waals surface area (Å²) >= 11 is 0. The van der Waals surface area contributed by atoms with Crippen LogP contribution in [0.2, 0.25) is 0 Å². The van der Waals surface area contributed by atoms with Crippen LogP contribution in [0.4, 0.5) is 4.39 Å². The Morgan fingerprint density at radius 1 is 1.24 bits per heavy atom. The molecule has 6 rings (SSSR count). The van der Waals surface area contributed by atoms with E-state index in [0.29, 0.717) is 24.9 Å². The molecule has 1 saturated heterocycles. The molecular formula is C31H43BFNO7. The Morgan fingerprint density at radius 3 is 2.71 bits per heavy atom. The first-order valence-electron chi connectivity index (χ1n) is 15.3. The Hall–Kier alpha value is -2.01. The van der Waals surface area contributed by atoms with Gasteiger partial charge in [-0.1, -0.05) is 33.8 Å². The third kappa shape index (κ3) is 4.47. The molecular weight excluding hydrogens is 528 g/mol. The number of carbonyl (C=O) groups excluding carboxylic acids is 2. The third-order valence-corrected chi connectivity index (χ3v) is 11.9. The van der Waals surface area contributed by atoms with E-state index in [4.69, 9.17) is 14.1 Å². The van der Waals surface area contributed by atoms with Crippen LogP contribution in [0, 0.1) is 39.8 Å². The number of hydrogen-bond donors (Lipinski definition) is 2. The summed E-state index contributed by atoms with van der Waals surface area (Å²) in [5.41, 5.74) is -0.910. The Kier molecular flexibility index (Phi) is 7.32. The molecule has 10 heteroatoms. The lowest BCUT2D eigenvalue weighted by atomic mass is 9.44. The number of aliphatic hydroxyl groups excluding tert-OH is 1. The topological polar surface area (TPSA) is 106 Å². The van der Waals surface area contributed by atoms with Gasteiger partial charge in [0.25, 0.3) is 0 Å². The number of fused-ring (bicyclic) bond motifs is 1. The van der Waals surface area contributed by atoms with Gasteiger partial charge in [0.2, 0.25) is 0 Å². The van der Waals surface area contributed by atoms with Crippen molar-refractivity contribution in [3.8, 4) is 5.75 Å². The van der Waals surface area contributed by atoms with Gasteiger partial charge >= 0.3 is 13.1 Å². The van der Waals surface area contributed by atoms with E-state index in [9.17, 15) is 19.7 Å². The summed E-state index contributed by atoms with van der Waals surface area (Å²) in [6.07, 6.45) is 3.32. The first-order chi connectivity index (χ1) is 19.4. The number of halogens is 1. The summed E-state index contributed by atoms with van der Waals surface area (Å²) in [5.74, 6) is -1.56. The molecule has 0 amide bonds. The molecule has 3 aliphatic carbocycles. The monoisotopic (exact) mass is 571 g/mol. The third-order valence-electron chi connectivity index (χ3n) is 11.9. The summed E-state index contributed by atoms with van der Waals surface area (Å²) in [4.78, 5) is 29.4. The lowest BCUT2D eigenvalue weighted by molar-refractivity contribution is -0.215. The average molecular weight is 571 g/mol. The summed E-state index contributed by atoms with van der Waals surface area (Å²) in [6, 6.07) is 3.04. The predicted molar refractivity (Wildman–Crippen MR) is 150 cm³/mol. The van der Waals surface area contributed by atoms with E-state index < -0.39 is 48.5 Å². The second-order valence-corrected chi connectivity index (χ2v) is 14.0. The van der Waals surface area contributed by atoms with Gasteiger partial charge in [-0.25, -0.2) is 9.18 Å². The van der Waals surface area contributed by atoms with Crippen molar-refractivity contribution >= 4 is 24.3 Å². The van der Waals surface area contributed by atoms with Crippen LogP contribution in [0.15, 0.2) is 12.1 Å². The van der Waals surface area contributed by atoms with Gasteiger partial charge in [0, 0.05) is 35.2 Å². The number of esters is 1. The average Bonchev–Trinajstić information content (AvgIpc) is 3.47. The van der Waals surface area contributed by atoms with Gasteiger partial charge in [-0.05, 0) is 74.1 Å². The molecule has 5 aliphatic rings. The van der Waals surface area contributed by atoms with Crippen LogP contribution in [0.3, 0.4) is 0 Å². The molecule has 0 spiro atoms. The Labute approximate surface area is 242 Å². The minimum atomic E-state index is -1.37. The van der Waals surface area contributed by atoms with E-state index in [2.05, 4.69) is 32.6 Å². The van der Waals surface area contributed by atoms with Gasteiger partial charge < -0.3 is 29.2 Å². The summed E-state index contributed by atoms with van der Waals surface area (Å²) < 4.78 is 32.0. The number of likely N-dealkylation sites (tertiary alicyclic amines) is 1. The van der Waals surface area contributed by atoms with Crippen molar-refractivity contribution < 1.29 is 38.2 Å². The summed E-state index contributed by atoms with van der Waals surface area (Å²) in [5, 5.41) is 22.0. The van der Waals surface area contributed by atoms with Crippen LogP contribution < -0.4 is 10.2 Å². The molecule has 1 aromatic rings. The zero-order chi connectivity index (χ0) is 29.3. The highest BCUT2D eigenvalue weighted by Crippen LogP contribution is 2.68. The molecule has 2 heterocycles. The van der Waals surface area contributed by atoms with Crippen LogP contribution >= 0.6 is 0 Å².